The Morgan fingerprint density at radius 1 is 1.56 bits per heavy atom. The minimum atomic E-state index is -4.25. The summed E-state index contributed by atoms with van der Waals surface area (Å²) in [5.41, 5.74) is 0. The van der Waals surface area contributed by atoms with Crippen LogP contribution in [0.2, 0.25) is 0 Å². The van der Waals surface area contributed by atoms with Crippen molar-refractivity contribution in [3.63, 3.8) is 0 Å². The van der Waals surface area contributed by atoms with Crippen molar-refractivity contribution in [2.45, 2.75) is 6.92 Å². The highest BCUT2D eigenvalue weighted by Gasteiger charge is 2.36. The van der Waals surface area contributed by atoms with Gasteiger partial charge in [-0.05, 0) is 21.4 Å². The predicted molar refractivity (Wildman–Crippen MR) is 41.9 cm³/mol. The van der Waals surface area contributed by atoms with Crippen molar-refractivity contribution in [1.29, 1.82) is 0 Å². The van der Waals surface area contributed by atoms with E-state index in [9.17, 15) is 4.57 Å². The molecule has 9 heavy (non-hydrogen) atoms. The first-order chi connectivity index (χ1) is 3.81. The zero-order valence-electron chi connectivity index (χ0n) is 4.62. The van der Waals surface area contributed by atoms with Crippen LogP contribution in [0, 0.1) is 0 Å². The van der Waals surface area contributed by atoms with Gasteiger partial charge in [0.25, 0.3) is 0 Å². The van der Waals surface area contributed by atoms with Crippen LogP contribution >= 0.6 is 36.2 Å². The Balaban J connectivity index is 4.34. The van der Waals surface area contributed by atoms with Crippen molar-refractivity contribution in [1.82, 2.24) is 0 Å². The SMILES string of the molecule is CCS(Cl)(Cl)P(=O)(O)O. The van der Waals surface area contributed by atoms with Gasteiger partial charge < -0.3 is 9.79 Å². The Morgan fingerprint density at radius 3 is 1.89 bits per heavy atom. The first kappa shape index (κ1) is 10.1. The minimum Gasteiger partial charge on any atom is -0.316 e. The molecule has 0 spiro atoms. The van der Waals surface area contributed by atoms with Crippen LogP contribution in [-0.4, -0.2) is 15.5 Å². The van der Waals surface area contributed by atoms with Gasteiger partial charge in [0.05, 0.1) is 0 Å². The summed E-state index contributed by atoms with van der Waals surface area (Å²) in [5.74, 6) is 0.111. The lowest BCUT2D eigenvalue weighted by molar-refractivity contribution is 0.396. The molecule has 0 atom stereocenters. The van der Waals surface area contributed by atoms with Crippen LogP contribution in [0.15, 0.2) is 0 Å². The second-order valence-corrected chi connectivity index (χ2v) is 12.2. The van der Waals surface area contributed by atoms with Crippen LogP contribution < -0.4 is 0 Å². The summed E-state index contributed by atoms with van der Waals surface area (Å²) < 4.78 is 10.4. The van der Waals surface area contributed by atoms with E-state index in [1.54, 1.807) is 0 Å². The third-order valence-corrected chi connectivity index (χ3v) is 9.49. The molecular formula is C2H7Cl2O3PS. The third kappa shape index (κ3) is 2.66. The fourth-order valence-corrected chi connectivity index (χ4v) is 1.51. The average Bonchev–Trinajstić information content (AvgIpc) is 1.64. The van der Waals surface area contributed by atoms with E-state index < -0.39 is 14.9 Å². The lowest BCUT2D eigenvalue weighted by Crippen LogP contribution is -1.86. The highest BCUT2D eigenvalue weighted by atomic mass is 36.0. The lowest BCUT2D eigenvalue weighted by atomic mass is 11.0. The second kappa shape index (κ2) is 2.99. The van der Waals surface area contributed by atoms with Crippen molar-refractivity contribution >= 4 is 36.2 Å². The summed E-state index contributed by atoms with van der Waals surface area (Å²) in [6.45, 7) is -2.72. The summed E-state index contributed by atoms with van der Waals surface area (Å²) in [4.78, 5) is 16.9. The molecule has 0 amide bonds. The predicted octanol–water partition coefficient (Wildman–Crippen LogP) is 2.21. The molecular weight excluding hydrogens is 206 g/mol. The molecule has 0 radical (unpaired) electrons. The van der Waals surface area contributed by atoms with E-state index in [2.05, 4.69) is 0 Å². The standard InChI is InChI=1S/C2H7Cl2O3PS/c1-2-9(3,4)8(5,6)7/h2H2,1H3,(H2,5,6,7). The molecule has 0 aromatic rings. The quantitative estimate of drug-likeness (QED) is 0.691. The van der Waals surface area contributed by atoms with Gasteiger partial charge >= 0.3 is 6.80 Å². The van der Waals surface area contributed by atoms with E-state index in [4.69, 9.17) is 31.2 Å². The van der Waals surface area contributed by atoms with E-state index in [1.165, 1.54) is 6.92 Å². The van der Waals surface area contributed by atoms with Crippen LogP contribution in [-0.2, 0) is 4.57 Å². The molecule has 0 aliphatic heterocycles. The first-order valence-electron chi connectivity index (χ1n) is 2.07. The molecule has 0 saturated carbocycles. The molecule has 2 N–H and O–H groups in total. The van der Waals surface area contributed by atoms with Crippen LogP contribution in [0.4, 0.5) is 0 Å². The first-order valence-corrected chi connectivity index (χ1v) is 7.74. The summed E-state index contributed by atoms with van der Waals surface area (Å²) in [6, 6.07) is 0. The second-order valence-electron chi connectivity index (χ2n) is 1.32. The monoisotopic (exact) mass is 212 g/mol. The Kier molecular flexibility index (Phi) is 3.35. The Bertz CT molecular complexity index is 143. The highest BCUT2D eigenvalue weighted by Crippen LogP contribution is 2.83. The molecule has 0 aromatic heterocycles. The van der Waals surface area contributed by atoms with Crippen LogP contribution in [0.5, 0.6) is 0 Å². The van der Waals surface area contributed by atoms with Gasteiger partial charge in [0.2, 0.25) is 0 Å². The number of hydrogen-bond acceptors (Lipinski definition) is 1. The lowest BCUT2D eigenvalue weighted by Gasteiger charge is -2.22. The maximum absolute atomic E-state index is 10.4. The maximum Gasteiger partial charge on any atom is 0.392 e. The largest absolute Gasteiger partial charge is 0.392 e. The number of hydrogen-bond donors (Lipinski definition) is 2. The van der Waals surface area contributed by atoms with Gasteiger partial charge in [-0.15, -0.1) is 0 Å². The van der Waals surface area contributed by atoms with Gasteiger partial charge in [0.15, 0.2) is 0 Å². The summed E-state index contributed by atoms with van der Waals surface area (Å²) in [6.07, 6.45) is 0. The van der Waals surface area contributed by atoms with Crippen molar-refractivity contribution < 1.29 is 14.4 Å². The topological polar surface area (TPSA) is 57.5 Å². The smallest absolute Gasteiger partial charge is 0.316 e. The van der Waals surface area contributed by atoms with E-state index in [-0.39, 0.29) is 5.75 Å². The molecule has 0 aromatic carbocycles. The van der Waals surface area contributed by atoms with E-state index in [0.717, 1.165) is 0 Å². The van der Waals surface area contributed by atoms with Gasteiger partial charge in [-0.3, -0.25) is 0 Å². The maximum atomic E-state index is 10.4. The Hall–Kier alpha value is 1.08. The van der Waals surface area contributed by atoms with Crippen molar-refractivity contribution in [2.24, 2.45) is 0 Å². The van der Waals surface area contributed by atoms with E-state index in [0.29, 0.717) is 0 Å². The number of halogens is 2. The molecule has 0 saturated heterocycles. The highest BCUT2D eigenvalue weighted by molar-refractivity contribution is 8.97. The third-order valence-electron chi connectivity index (χ3n) is 0.695. The molecule has 0 heterocycles. The zero-order chi connectivity index (χ0) is 7.71. The molecule has 7 heteroatoms. The zero-order valence-corrected chi connectivity index (χ0v) is 7.84. The van der Waals surface area contributed by atoms with Crippen molar-refractivity contribution in [3.8, 4) is 0 Å². The molecule has 0 aliphatic carbocycles. The number of rotatable bonds is 2. The molecule has 0 bridgehead atoms. The van der Waals surface area contributed by atoms with E-state index in [1.807, 2.05) is 0 Å². The van der Waals surface area contributed by atoms with Crippen molar-refractivity contribution in [2.75, 3.05) is 5.75 Å². The fourth-order valence-electron chi connectivity index (χ4n) is 0.168. The van der Waals surface area contributed by atoms with Gasteiger partial charge in [-0.25, -0.2) is 4.57 Å². The summed E-state index contributed by atoms with van der Waals surface area (Å²) in [5, 5.41) is 0. The van der Waals surface area contributed by atoms with Crippen LogP contribution in [0.3, 0.4) is 0 Å². The Morgan fingerprint density at radius 2 is 1.89 bits per heavy atom. The summed E-state index contributed by atoms with van der Waals surface area (Å²) in [7, 11) is 7.84. The molecule has 58 valence electrons. The molecule has 0 fully saturated rings. The molecule has 0 aliphatic rings. The van der Waals surface area contributed by atoms with Crippen LogP contribution in [0.25, 0.3) is 0 Å². The van der Waals surface area contributed by atoms with Crippen LogP contribution in [0.1, 0.15) is 6.92 Å². The van der Waals surface area contributed by atoms with Gasteiger partial charge in [-0.1, -0.05) is 6.92 Å². The minimum absolute atomic E-state index is 0.111. The molecule has 3 nitrogen and oxygen atoms in total. The van der Waals surface area contributed by atoms with Gasteiger partial charge in [0.1, 0.15) is 0 Å². The fraction of sp³-hybridized carbons (Fsp3) is 1.00. The Labute approximate surface area is 63.6 Å². The van der Waals surface area contributed by atoms with Gasteiger partial charge in [-0.2, -0.15) is 0 Å². The summed E-state index contributed by atoms with van der Waals surface area (Å²) >= 11 is 0. The molecule has 0 unspecified atom stereocenters. The van der Waals surface area contributed by atoms with Gasteiger partial charge in [0, 0.05) is 13.8 Å². The average molecular weight is 213 g/mol. The van der Waals surface area contributed by atoms with E-state index >= 15 is 0 Å². The molecule has 0 rings (SSSR count). The van der Waals surface area contributed by atoms with Crippen molar-refractivity contribution in [3.05, 3.63) is 0 Å². The normalized spacial score (nSPS) is 15.7.